The summed E-state index contributed by atoms with van der Waals surface area (Å²) in [5, 5.41) is 8.02. The van der Waals surface area contributed by atoms with Crippen LogP contribution in [0.1, 0.15) is 31.4 Å². The lowest BCUT2D eigenvalue weighted by Crippen LogP contribution is -2.00. The summed E-state index contributed by atoms with van der Waals surface area (Å²) in [6.07, 6.45) is 3.34. The highest BCUT2D eigenvalue weighted by atomic mass is 35.5. The van der Waals surface area contributed by atoms with Gasteiger partial charge in [0.1, 0.15) is 11.6 Å². The highest BCUT2D eigenvalue weighted by Gasteiger charge is 2.05. The molecule has 1 heterocycles. The molecule has 1 aromatic rings. The maximum Gasteiger partial charge on any atom is 0.147 e. The molecule has 0 atom stereocenters. The van der Waals surface area contributed by atoms with Gasteiger partial charge in [-0.05, 0) is 6.42 Å². The Balaban J connectivity index is 2.66. The summed E-state index contributed by atoms with van der Waals surface area (Å²) < 4.78 is 1.97. The minimum atomic E-state index is 0.440. The fraction of sp³-hybridized carbons (Fsp3) is 0.750. The standard InChI is InChI=1S/C8H14ClN3/c1-3-4-5-7-10-11-8(6-9)12(7)2/h3-6H2,1-2H3. The van der Waals surface area contributed by atoms with E-state index in [-0.39, 0.29) is 0 Å². The molecule has 3 nitrogen and oxygen atoms in total. The van der Waals surface area contributed by atoms with Crippen molar-refractivity contribution in [2.24, 2.45) is 7.05 Å². The van der Waals surface area contributed by atoms with Crippen LogP contribution in [-0.2, 0) is 19.3 Å². The van der Waals surface area contributed by atoms with Gasteiger partial charge in [-0.3, -0.25) is 0 Å². The molecule has 12 heavy (non-hydrogen) atoms. The van der Waals surface area contributed by atoms with Crippen LogP contribution >= 0.6 is 11.6 Å². The summed E-state index contributed by atoms with van der Waals surface area (Å²) >= 11 is 5.66. The van der Waals surface area contributed by atoms with Crippen molar-refractivity contribution < 1.29 is 0 Å². The Kier molecular flexibility index (Phi) is 3.53. The Hall–Kier alpha value is -0.570. The first-order valence-electron chi connectivity index (χ1n) is 4.22. The summed E-state index contributed by atoms with van der Waals surface area (Å²) in [5.74, 6) is 2.32. The molecular weight excluding hydrogens is 174 g/mol. The smallest absolute Gasteiger partial charge is 0.147 e. The molecule has 1 rings (SSSR count). The molecule has 0 unspecified atom stereocenters. The first-order valence-corrected chi connectivity index (χ1v) is 4.76. The molecule has 0 N–H and O–H groups in total. The third-order valence-corrected chi connectivity index (χ3v) is 2.17. The molecule has 0 saturated carbocycles. The number of aromatic nitrogens is 3. The highest BCUT2D eigenvalue weighted by molar-refractivity contribution is 6.16. The second-order valence-corrected chi connectivity index (χ2v) is 3.10. The van der Waals surface area contributed by atoms with E-state index in [0.29, 0.717) is 5.88 Å². The van der Waals surface area contributed by atoms with Gasteiger partial charge in [-0.15, -0.1) is 21.8 Å². The van der Waals surface area contributed by atoms with E-state index in [1.54, 1.807) is 0 Å². The van der Waals surface area contributed by atoms with E-state index in [1.165, 1.54) is 6.42 Å². The Morgan fingerprint density at radius 3 is 2.50 bits per heavy atom. The lowest BCUT2D eigenvalue weighted by molar-refractivity contribution is 0.702. The van der Waals surface area contributed by atoms with Crippen LogP contribution in [0.4, 0.5) is 0 Å². The van der Waals surface area contributed by atoms with E-state index in [9.17, 15) is 0 Å². The molecule has 0 bridgehead atoms. The van der Waals surface area contributed by atoms with Crippen LogP contribution in [0.3, 0.4) is 0 Å². The molecule has 0 spiro atoms. The van der Waals surface area contributed by atoms with Crippen LogP contribution < -0.4 is 0 Å². The Morgan fingerprint density at radius 1 is 1.33 bits per heavy atom. The minimum Gasteiger partial charge on any atom is -0.317 e. The zero-order chi connectivity index (χ0) is 8.97. The molecule has 4 heteroatoms. The van der Waals surface area contributed by atoms with Gasteiger partial charge in [0, 0.05) is 13.5 Å². The number of hydrogen-bond acceptors (Lipinski definition) is 2. The van der Waals surface area contributed by atoms with E-state index < -0.39 is 0 Å². The summed E-state index contributed by atoms with van der Waals surface area (Å²) in [6, 6.07) is 0. The van der Waals surface area contributed by atoms with Gasteiger partial charge >= 0.3 is 0 Å². The molecular formula is C8H14ClN3. The maximum absolute atomic E-state index is 5.66. The van der Waals surface area contributed by atoms with Gasteiger partial charge < -0.3 is 4.57 Å². The zero-order valence-electron chi connectivity index (χ0n) is 7.55. The van der Waals surface area contributed by atoms with Gasteiger partial charge in [0.2, 0.25) is 0 Å². The average Bonchev–Trinajstić information content (AvgIpc) is 2.43. The van der Waals surface area contributed by atoms with Crippen LogP contribution in [0, 0.1) is 0 Å². The van der Waals surface area contributed by atoms with E-state index >= 15 is 0 Å². The highest BCUT2D eigenvalue weighted by Crippen LogP contribution is 2.05. The second-order valence-electron chi connectivity index (χ2n) is 2.83. The zero-order valence-corrected chi connectivity index (χ0v) is 8.30. The molecule has 0 amide bonds. The SMILES string of the molecule is CCCCc1nnc(CCl)n1C. The van der Waals surface area contributed by atoms with Crippen LogP contribution in [-0.4, -0.2) is 14.8 Å². The number of unbranched alkanes of at least 4 members (excludes halogenated alkanes) is 1. The topological polar surface area (TPSA) is 30.7 Å². The predicted octanol–water partition coefficient (Wildman–Crippen LogP) is 1.90. The molecule has 68 valence electrons. The van der Waals surface area contributed by atoms with E-state index in [0.717, 1.165) is 24.5 Å². The monoisotopic (exact) mass is 187 g/mol. The van der Waals surface area contributed by atoms with Crippen molar-refractivity contribution in [1.82, 2.24) is 14.8 Å². The lowest BCUT2D eigenvalue weighted by atomic mass is 10.2. The van der Waals surface area contributed by atoms with E-state index in [1.807, 2.05) is 11.6 Å². The van der Waals surface area contributed by atoms with Crippen molar-refractivity contribution in [3.05, 3.63) is 11.6 Å². The average molecular weight is 188 g/mol. The fourth-order valence-corrected chi connectivity index (χ4v) is 1.30. The van der Waals surface area contributed by atoms with E-state index in [4.69, 9.17) is 11.6 Å². The van der Waals surface area contributed by atoms with Gasteiger partial charge in [0.15, 0.2) is 0 Å². The first kappa shape index (κ1) is 9.52. The largest absolute Gasteiger partial charge is 0.317 e. The van der Waals surface area contributed by atoms with Crippen molar-refractivity contribution in [3.8, 4) is 0 Å². The van der Waals surface area contributed by atoms with Crippen molar-refractivity contribution in [2.75, 3.05) is 0 Å². The third kappa shape index (κ3) is 1.97. The molecule has 0 fully saturated rings. The molecule has 0 aliphatic heterocycles. The van der Waals surface area contributed by atoms with Crippen molar-refractivity contribution in [2.45, 2.75) is 32.1 Å². The van der Waals surface area contributed by atoms with E-state index in [2.05, 4.69) is 17.1 Å². The predicted molar refractivity (Wildman–Crippen MR) is 49.2 cm³/mol. The number of halogens is 1. The third-order valence-electron chi connectivity index (χ3n) is 1.93. The van der Waals surface area contributed by atoms with Gasteiger partial charge in [0.25, 0.3) is 0 Å². The summed E-state index contributed by atoms with van der Waals surface area (Å²) in [4.78, 5) is 0. The number of nitrogens with zero attached hydrogens (tertiary/aromatic N) is 3. The number of hydrogen-bond donors (Lipinski definition) is 0. The van der Waals surface area contributed by atoms with Crippen molar-refractivity contribution in [1.29, 1.82) is 0 Å². The Labute approximate surface area is 77.8 Å². The fourth-order valence-electron chi connectivity index (χ4n) is 1.07. The summed E-state index contributed by atoms with van der Waals surface area (Å²) in [5.41, 5.74) is 0. The number of aryl methyl sites for hydroxylation is 1. The maximum atomic E-state index is 5.66. The van der Waals surface area contributed by atoms with Gasteiger partial charge in [-0.2, -0.15) is 0 Å². The minimum absolute atomic E-state index is 0.440. The Morgan fingerprint density at radius 2 is 2.00 bits per heavy atom. The molecule has 1 aromatic heterocycles. The van der Waals surface area contributed by atoms with Crippen LogP contribution in [0.15, 0.2) is 0 Å². The molecule has 0 aromatic carbocycles. The van der Waals surface area contributed by atoms with Gasteiger partial charge in [0.05, 0.1) is 5.88 Å². The lowest BCUT2D eigenvalue weighted by Gasteiger charge is -1.99. The Bertz CT molecular complexity index is 244. The summed E-state index contributed by atoms with van der Waals surface area (Å²) in [6.45, 7) is 2.17. The van der Waals surface area contributed by atoms with Crippen molar-refractivity contribution in [3.63, 3.8) is 0 Å². The van der Waals surface area contributed by atoms with Crippen molar-refractivity contribution >= 4 is 11.6 Å². The molecule has 0 aliphatic carbocycles. The van der Waals surface area contributed by atoms with Gasteiger partial charge in [-0.1, -0.05) is 13.3 Å². The van der Waals surface area contributed by atoms with Crippen LogP contribution in [0.5, 0.6) is 0 Å². The second kappa shape index (κ2) is 4.45. The molecule has 0 aliphatic rings. The van der Waals surface area contributed by atoms with Gasteiger partial charge in [-0.25, -0.2) is 0 Å². The summed E-state index contributed by atoms with van der Waals surface area (Å²) in [7, 11) is 1.96. The quantitative estimate of drug-likeness (QED) is 0.675. The first-order chi connectivity index (χ1) is 5.79. The van der Waals surface area contributed by atoms with Crippen LogP contribution in [0.2, 0.25) is 0 Å². The molecule has 0 saturated heterocycles. The number of alkyl halides is 1. The molecule has 0 radical (unpaired) electrons. The normalized spacial score (nSPS) is 10.6. The van der Waals surface area contributed by atoms with Crippen LogP contribution in [0.25, 0.3) is 0 Å². The number of rotatable bonds is 4.